The topological polar surface area (TPSA) is 38.3 Å². The van der Waals surface area contributed by atoms with Gasteiger partial charge in [-0.1, -0.05) is 42.5 Å². The van der Waals surface area contributed by atoms with Crippen LogP contribution < -0.4 is 5.32 Å². The molecule has 0 saturated heterocycles. The molecule has 0 spiro atoms. The van der Waals surface area contributed by atoms with Crippen LogP contribution in [0.5, 0.6) is 0 Å². The van der Waals surface area contributed by atoms with E-state index in [-0.39, 0.29) is 12.0 Å². The highest BCUT2D eigenvalue weighted by Crippen LogP contribution is 2.56. The van der Waals surface area contributed by atoms with E-state index in [0.717, 1.165) is 12.8 Å². The SMILES string of the molecule is CNC(c1cccc2ccccc12)C1(C(=O)OC)CC1. The van der Waals surface area contributed by atoms with E-state index < -0.39 is 5.41 Å². The van der Waals surface area contributed by atoms with Crippen molar-refractivity contribution in [3.05, 3.63) is 48.0 Å². The number of carbonyl (C=O) groups excluding carboxylic acids is 1. The standard InChI is InChI=1S/C17H19NO2/c1-18-15(17(10-11-17)16(19)20-2)14-9-5-7-12-6-3-4-8-13(12)14/h3-9,15,18H,10-11H2,1-2H3. The number of benzene rings is 2. The molecule has 3 rings (SSSR count). The van der Waals surface area contributed by atoms with Crippen molar-refractivity contribution in [3.8, 4) is 0 Å². The van der Waals surface area contributed by atoms with Crippen LogP contribution in [-0.4, -0.2) is 20.1 Å². The molecule has 1 saturated carbocycles. The molecule has 3 heteroatoms. The molecule has 1 unspecified atom stereocenters. The smallest absolute Gasteiger partial charge is 0.313 e. The Labute approximate surface area is 118 Å². The summed E-state index contributed by atoms with van der Waals surface area (Å²) in [6.07, 6.45) is 1.77. The minimum Gasteiger partial charge on any atom is -0.469 e. The van der Waals surface area contributed by atoms with Crippen LogP contribution in [-0.2, 0) is 9.53 Å². The first-order valence-electron chi connectivity index (χ1n) is 6.96. The van der Waals surface area contributed by atoms with Crippen LogP contribution in [0.15, 0.2) is 42.5 Å². The Morgan fingerprint density at radius 1 is 1.20 bits per heavy atom. The molecule has 3 nitrogen and oxygen atoms in total. The molecule has 0 aliphatic heterocycles. The van der Waals surface area contributed by atoms with Crippen molar-refractivity contribution in [1.82, 2.24) is 5.32 Å². The van der Waals surface area contributed by atoms with E-state index in [1.165, 1.54) is 23.4 Å². The third-order valence-electron chi connectivity index (χ3n) is 4.36. The maximum atomic E-state index is 12.1. The Kier molecular flexibility index (Phi) is 3.22. The summed E-state index contributed by atoms with van der Waals surface area (Å²) in [6.45, 7) is 0. The zero-order chi connectivity index (χ0) is 14.2. The molecule has 0 amide bonds. The summed E-state index contributed by atoms with van der Waals surface area (Å²) in [6, 6.07) is 14.5. The highest BCUT2D eigenvalue weighted by molar-refractivity contribution is 5.88. The first kappa shape index (κ1) is 13.1. The summed E-state index contributed by atoms with van der Waals surface area (Å²) in [5.41, 5.74) is 0.779. The molecule has 2 aromatic rings. The Hall–Kier alpha value is -1.87. The van der Waals surface area contributed by atoms with Crippen LogP contribution in [0.3, 0.4) is 0 Å². The number of hydrogen-bond donors (Lipinski definition) is 1. The number of carbonyl (C=O) groups is 1. The molecule has 1 atom stereocenters. The lowest BCUT2D eigenvalue weighted by Crippen LogP contribution is -2.33. The lowest BCUT2D eigenvalue weighted by molar-refractivity contribution is -0.148. The lowest BCUT2D eigenvalue weighted by atomic mass is 9.87. The van der Waals surface area contributed by atoms with Gasteiger partial charge in [-0.15, -0.1) is 0 Å². The Morgan fingerprint density at radius 3 is 2.55 bits per heavy atom. The molecule has 0 heterocycles. The number of nitrogens with one attached hydrogen (secondary N) is 1. The molecule has 20 heavy (non-hydrogen) atoms. The quantitative estimate of drug-likeness (QED) is 0.867. The molecular formula is C17H19NO2. The predicted molar refractivity (Wildman–Crippen MR) is 79.4 cm³/mol. The minimum absolute atomic E-state index is 0.000972. The number of hydrogen-bond acceptors (Lipinski definition) is 3. The van der Waals surface area contributed by atoms with Gasteiger partial charge in [0.15, 0.2) is 0 Å². The summed E-state index contributed by atoms with van der Waals surface area (Å²) in [5, 5.41) is 5.73. The van der Waals surface area contributed by atoms with E-state index in [1.54, 1.807) is 0 Å². The van der Waals surface area contributed by atoms with Crippen molar-refractivity contribution in [2.75, 3.05) is 14.2 Å². The third kappa shape index (κ3) is 1.90. The van der Waals surface area contributed by atoms with Crippen LogP contribution in [0.25, 0.3) is 10.8 Å². The lowest BCUT2D eigenvalue weighted by Gasteiger charge is -2.26. The van der Waals surface area contributed by atoms with Crippen LogP contribution in [0, 0.1) is 5.41 Å². The maximum Gasteiger partial charge on any atom is 0.313 e. The predicted octanol–water partition coefficient (Wildman–Crippen LogP) is 3.05. The number of rotatable bonds is 4. The number of fused-ring (bicyclic) bond motifs is 1. The van der Waals surface area contributed by atoms with Gasteiger partial charge in [-0.25, -0.2) is 0 Å². The number of esters is 1. The fourth-order valence-electron chi connectivity index (χ4n) is 3.18. The number of ether oxygens (including phenoxy) is 1. The number of methoxy groups -OCH3 is 1. The molecule has 1 aliphatic carbocycles. The average molecular weight is 269 g/mol. The van der Waals surface area contributed by atoms with E-state index in [1.807, 2.05) is 19.2 Å². The van der Waals surface area contributed by atoms with E-state index in [0.29, 0.717) is 0 Å². The average Bonchev–Trinajstić information content (AvgIpc) is 3.29. The van der Waals surface area contributed by atoms with Gasteiger partial charge >= 0.3 is 5.97 Å². The van der Waals surface area contributed by atoms with E-state index >= 15 is 0 Å². The second-order valence-corrected chi connectivity index (χ2v) is 5.44. The normalized spacial score (nSPS) is 17.7. The largest absolute Gasteiger partial charge is 0.469 e. The molecule has 1 aliphatic rings. The van der Waals surface area contributed by atoms with Crippen molar-refractivity contribution in [2.24, 2.45) is 5.41 Å². The van der Waals surface area contributed by atoms with Crippen LogP contribution in [0.4, 0.5) is 0 Å². The van der Waals surface area contributed by atoms with Gasteiger partial charge in [0, 0.05) is 6.04 Å². The van der Waals surface area contributed by atoms with Gasteiger partial charge in [0.05, 0.1) is 12.5 Å². The summed E-state index contributed by atoms with van der Waals surface area (Å²) in [5.74, 6) is -0.107. The molecule has 0 aromatic heterocycles. The van der Waals surface area contributed by atoms with E-state index in [2.05, 4.69) is 35.6 Å². The fourth-order valence-corrected chi connectivity index (χ4v) is 3.18. The Balaban J connectivity index is 2.11. The molecule has 2 aromatic carbocycles. The molecule has 0 radical (unpaired) electrons. The zero-order valence-corrected chi connectivity index (χ0v) is 11.8. The van der Waals surface area contributed by atoms with Crippen LogP contribution >= 0.6 is 0 Å². The van der Waals surface area contributed by atoms with Gasteiger partial charge < -0.3 is 10.1 Å². The van der Waals surface area contributed by atoms with Gasteiger partial charge in [-0.3, -0.25) is 4.79 Å². The highest BCUT2D eigenvalue weighted by atomic mass is 16.5. The van der Waals surface area contributed by atoms with E-state index in [9.17, 15) is 4.79 Å². The minimum atomic E-state index is -0.395. The zero-order valence-electron chi connectivity index (χ0n) is 11.8. The van der Waals surface area contributed by atoms with Gasteiger partial charge in [0.2, 0.25) is 0 Å². The first-order chi connectivity index (χ1) is 9.73. The van der Waals surface area contributed by atoms with Crippen LogP contribution in [0.1, 0.15) is 24.4 Å². The fraction of sp³-hybridized carbons (Fsp3) is 0.353. The van der Waals surface area contributed by atoms with Crippen molar-refractivity contribution < 1.29 is 9.53 Å². The Morgan fingerprint density at radius 2 is 1.90 bits per heavy atom. The molecule has 1 N–H and O–H groups in total. The third-order valence-corrected chi connectivity index (χ3v) is 4.36. The van der Waals surface area contributed by atoms with Crippen LogP contribution in [0.2, 0.25) is 0 Å². The molecular weight excluding hydrogens is 250 g/mol. The van der Waals surface area contributed by atoms with Crippen molar-refractivity contribution in [2.45, 2.75) is 18.9 Å². The van der Waals surface area contributed by atoms with Crippen molar-refractivity contribution >= 4 is 16.7 Å². The summed E-state index contributed by atoms with van der Waals surface area (Å²) in [4.78, 5) is 12.1. The maximum absolute atomic E-state index is 12.1. The summed E-state index contributed by atoms with van der Waals surface area (Å²) in [7, 11) is 3.38. The Bertz CT molecular complexity index is 641. The summed E-state index contributed by atoms with van der Waals surface area (Å²) < 4.78 is 5.01. The van der Waals surface area contributed by atoms with Gasteiger partial charge in [-0.2, -0.15) is 0 Å². The summed E-state index contributed by atoms with van der Waals surface area (Å²) >= 11 is 0. The van der Waals surface area contributed by atoms with Gasteiger partial charge in [0.1, 0.15) is 0 Å². The molecule has 0 bridgehead atoms. The molecule has 1 fully saturated rings. The van der Waals surface area contributed by atoms with Gasteiger partial charge in [-0.05, 0) is 36.2 Å². The van der Waals surface area contributed by atoms with Crippen molar-refractivity contribution in [1.29, 1.82) is 0 Å². The van der Waals surface area contributed by atoms with Crippen molar-refractivity contribution in [3.63, 3.8) is 0 Å². The second kappa shape index (κ2) is 4.91. The highest BCUT2D eigenvalue weighted by Gasteiger charge is 2.57. The van der Waals surface area contributed by atoms with Gasteiger partial charge in [0.25, 0.3) is 0 Å². The second-order valence-electron chi connectivity index (χ2n) is 5.44. The molecule has 104 valence electrons. The van der Waals surface area contributed by atoms with E-state index in [4.69, 9.17) is 4.74 Å². The first-order valence-corrected chi connectivity index (χ1v) is 6.96. The monoisotopic (exact) mass is 269 g/mol.